The van der Waals surface area contributed by atoms with Crippen molar-refractivity contribution in [2.45, 2.75) is 6.92 Å². The van der Waals surface area contributed by atoms with E-state index in [1.807, 2.05) is 0 Å². The number of anilines is 3. The van der Waals surface area contributed by atoms with Gasteiger partial charge in [0.15, 0.2) is 0 Å². The van der Waals surface area contributed by atoms with Gasteiger partial charge in [0.2, 0.25) is 6.41 Å². The number of aromatic hydroxyl groups is 1. The van der Waals surface area contributed by atoms with Crippen LogP contribution in [0.1, 0.15) is 22.8 Å². The Labute approximate surface area is 206 Å². The van der Waals surface area contributed by atoms with E-state index in [1.165, 1.54) is 35.2 Å². The van der Waals surface area contributed by atoms with Crippen LogP contribution in [0.2, 0.25) is 0 Å². The second-order valence-electron chi connectivity index (χ2n) is 7.87. The molecule has 0 spiro atoms. The van der Waals surface area contributed by atoms with E-state index < -0.39 is 11.8 Å². The number of phenolic OH excluding ortho intramolecular Hbond substituents is 1. The Kier molecular flexibility index (Phi) is 7.06. The van der Waals surface area contributed by atoms with E-state index in [0.717, 1.165) is 0 Å². The molecule has 7 nitrogen and oxygen atoms in total. The summed E-state index contributed by atoms with van der Waals surface area (Å²) in [6.45, 7) is 1.73. The van der Waals surface area contributed by atoms with Crippen molar-refractivity contribution < 1.29 is 24.2 Å². The Morgan fingerprint density at radius 3 is 2.47 bits per heavy atom. The maximum absolute atomic E-state index is 13.8. The lowest BCUT2D eigenvalue weighted by Crippen LogP contribution is -2.17. The fraction of sp³-hybridized carbons (Fsp3) is 0.0357. The first-order valence-electron chi connectivity index (χ1n) is 10.9. The minimum absolute atomic E-state index is 0.0980. The molecule has 3 N–H and O–H groups in total. The summed E-state index contributed by atoms with van der Waals surface area (Å²) in [5, 5.41) is 24.5. The van der Waals surface area contributed by atoms with E-state index in [0.29, 0.717) is 45.9 Å². The molecule has 0 aliphatic rings. The summed E-state index contributed by atoms with van der Waals surface area (Å²) in [6, 6.07) is 24.0. The molecule has 0 aliphatic carbocycles. The summed E-state index contributed by atoms with van der Waals surface area (Å²) < 4.78 is 13.8. The van der Waals surface area contributed by atoms with Crippen LogP contribution in [0.4, 0.5) is 21.5 Å². The van der Waals surface area contributed by atoms with Crippen molar-refractivity contribution in [1.29, 1.82) is 0 Å². The largest absolute Gasteiger partial charge is 0.505 e. The molecule has 0 aliphatic heterocycles. The van der Waals surface area contributed by atoms with Gasteiger partial charge in [-0.15, -0.1) is 0 Å². The van der Waals surface area contributed by atoms with E-state index in [1.54, 1.807) is 67.6 Å². The lowest BCUT2D eigenvalue weighted by Gasteiger charge is -2.21. The van der Waals surface area contributed by atoms with Gasteiger partial charge in [-0.1, -0.05) is 48.5 Å². The number of phenols is 1. The van der Waals surface area contributed by atoms with Crippen LogP contribution in [0, 0.1) is 5.82 Å². The van der Waals surface area contributed by atoms with Gasteiger partial charge in [-0.3, -0.25) is 15.1 Å². The summed E-state index contributed by atoms with van der Waals surface area (Å²) in [4.78, 5) is 24.6. The fourth-order valence-corrected chi connectivity index (χ4v) is 3.76. The van der Waals surface area contributed by atoms with Crippen molar-refractivity contribution >= 4 is 35.2 Å². The molecule has 4 aromatic carbocycles. The molecule has 180 valence electrons. The van der Waals surface area contributed by atoms with Crippen LogP contribution < -0.4 is 10.3 Å². The summed E-state index contributed by atoms with van der Waals surface area (Å²) in [7, 11) is 0. The smallest absolute Gasteiger partial charge is 0.335 e. The van der Waals surface area contributed by atoms with Gasteiger partial charge >= 0.3 is 5.97 Å². The molecular weight excluding hydrogens is 461 g/mol. The Morgan fingerprint density at radius 1 is 0.972 bits per heavy atom. The number of benzene rings is 4. The molecule has 0 aromatic heterocycles. The lowest BCUT2D eigenvalue weighted by molar-refractivity contribution is -0.106. The van der Waals surface area contributed by atoms with Crippen molar-refractivity contribution in [2.75, 3.05) is 10.3 Å². The van der Waals surface area contributed by atoms with Crippen molar-refractivity contribution in [3.8, 4) is 16.9 Å². The van der Waals surface area contributed by atoms with Crippen LogP contribution in [-0.4, -0.2) is 28.3 Å². The van der Waals surface area contributed by atoms with Gasteiger partial charge in [-0.25, -0.2) is 9.18 Å². The normalized spacial score (nSPS) is 11.1. The van der Waals surface area contributed by atoms with Crippen LogP contribution in [0.3, 0.4) is 0 Å². The van der Waals surface area contributed by atoms with Crippen molar-refractivity contribution in [2.24, 2.45) is 5.10 Å². The Balaban J connectivity index is 1.66. The first-order valence-corrected chi connectivity index (χ1v) is 10.9. The van der Waals surface area contributed by atoms with Crippen molar-refractivity contribution in [3.05, 3.63) is 108 Å². The second kappa shape index (κ2) is 10.5. The van der Waals surface area contributed by atoms with Gasteiger partial charge in [-0.05, 0) is 55.0 Å². The predicted octanol–water partition coefficient (Wildman–Crippen LogP) is 6.03. The molecule has 36 heavy (non-hydrogen) atoms. The number of hydrazone groups is 1. The monoisotopic (exact) mass is 483 g/mol. The molecule has 8 heteroatoms. The predicted molar refractivity (Wildman–Crippen MR) is 137 cm³/mol. The quantitative estimate of drug-likeness (QED) is 0.123. The molecule has 0 fully saturated rings. The van der Waals surface area contributed by atoms with E-state index >= 15 is 0 Å². The summed E-state index contributed by atoms with van der Waals surface area (Å²) >= 11 is 0. The average molecular weight is 483 g/mol. The van der Waals surface area contributed by atoms with Crippen LogP contribution in [0.25, 0.3) is 11.1 Å². The molecule has 0 heterocycles. The third-order valence-corrected chi connectivity index (χ3v) is 5.55. The molecule has 1 amide bonds. The zero-order valence-corrected chi connectivity index (χ0v) is 19.2. The van der Waals surface area contributed by atoms with E-state index in [-0.39, 0.29) is 11.3 Å². The molecule has 0 saturated heterocycles. The molecule has 4 aromatic rings. The average Bonchev–Trinajstić information content (AvgIpc) is 2.89. The molecule has 0 radical (unpaired) electrons. The Hall–Kier alpha value is -4.98. The van der Waals surface area contributed by atoms with E-state index in [9.17, 15) is 24.2 Å². The minimum atomic E-state index is -1.06. The molecule has 0 bridgehead atoms. The van der Waals surface area contributed by atoms with Crippen LogP contribution >= 0.6 is 0 Å². The third kappa shape index (κ3) is 5.07. The molecule has 0 saturated carbocycles. The number of aromatic carboxylic acids is 1. The number of halogens is 1. The van der Waals surface area contributed by atoms with Gasteiger partial charge in [0.25, 0.3) is 0 Å². The van der Waals surface area contributed by atoms with E-state index in [4.69, 9.17) is 0 Å². The third-order valence-electron chi connectivity index (χ3n) is 5.55. The number of nitrogens with zero attached hydrogens (tertiary/aromatic N) is 2. The maximum Gasteiger partial charge on any atom is 0.335 e. The van der Waals surface area contributed by atoms with Gasteiger partial charge in [0, 0.05) is 11.1 Å². The van der Waals surface area contributed by atoms with Crippen molar-refractivity contribution in [1.82, 2.24) is 0 Å². The number of carbonyl (C=O) groups is 2. The number of para-hydroxylation sites is 2. The first-order chi connectivity index (χ1) is 17.4. The number of amides is 1. The highest BCUT2D eigenvalue weighted by Gasteiger charge is 2.16. The number of carbonyl (C=O) groups excluding carboxylic acids is 1. The van der Waals surface area contributed by atoms with Crippen LogP contribution in [0.15, 0.2) is 96.1 Å². The zero-order chi connectivity index (χ0) is 25.7. The molecule has 0 unspecified atom stereocenters. The number of carboxylic acids is 1. The number of hydrogen-bond acceptors (Lipinski definition) is 5. The molecule has 4 rings (SSSR count). The van der Waals surface area contributed by atoms with Gasteiger partial charge < -0.3 is 10.2 Å². The maximum atomic E-state index is 13.8. The van der Waals surface area contributed by atoms with Gasteiger partial charge in [0.1, 0.15) is 11.6 Å². The Morgan fingerprint density at radius 2 is 1.72 bits per heavy atom. The summed E-state index contributed by atoms with van der Waals surface area (Å²) in [5.74, 6) is -1.63. The highest BCUT2D eigenvalue weighted by atomic mass is 19.1. The fourth-order valence-electron chi connectivity index (χ4n) is 3.76. The number of hydrogen-bond donors (Lipinski definition) is 3. The molecule has 0 atom stereocenters. The second-order valence-corrected chi connectivity index (χ2v) is 7.87. The Bertz CT molecular complexity index is 1470. The summed E-state index contributed by atoms with van der Waals surface area (Å²) in [6.07, 6.45) is 0.606. The number of rotatable bonds is 8. The number of nitrogens with one attached hydrogen (secondary N) is 1. The van der Waals surface area contributed by atoms with Crippen LogP contribution in [-0.2, 0) is 4.79 Å². The van der Waals surface area contributed by atoms with Crippen molar-refractivity contribution in [3.63, 3.8) is 0 Å². The highest BCUT2D eigenvalue weighted by molar-refractivity contribution is 6.07. The minimum Gasteiger partial charge on any atom is -0.505 e. The first kappa shape index (κ1) is 24.2. The van der Waals surface area contributed by atoms with E-state index in [2.05, 4.69) is 10.5 Å². The highest BCUT2D eigenvalue weighted by Crippen LogP contribution is 2.36. The zero-order valence-electron chi connectivity index (χ0n) is 19.2. The van der Waals surface area contributed by atoms with Gasteiger partial charge in [-0.2, -0.15) is 5.10 Å². The van der Waals surface area contributed by atoms with Gasteiger partial charge in [0.05, 0.1) is 28.3 Å². The molecular formula is C28H22FN3O4. The SMILES string of the molecule is C/C(=N\Nc1cccc(-c2cccc(C(=O)O)c2)c1O)c1ccccc1N(C=O)c1cccc(F)c1. The lowest BCUT2D eigenvalue weighted by atomic mass is 10.0. The topological polar surface area (TPSA) is 102 Å². The van der Waals surface area contributed by atoms with Crippen LogP contribution in [0.5, 0.6) is 5.75 Å². The number of carboxylic acid groups (broad SMARTS) is 1. The summed E-state index contributed by atoms with van der Waals surface area (Å²) in [5.41, 5.74) is 6.23. The standard InChI is InChI=1S/C28H22FN3O4/c1-18(23-11-2-3-14-26(23)32(17-33)22-10-5-9-21(29)16-22)30-31-25-13-6-12-24(27(25)34)19-7-4-8-20(15-19)28(35)36/h2-17,31,34H,1H3,(H,35,36)/b30-18+.